The molecule has 5 heteroatoms. The molecule has 86 valence electrons. The van der Waals surface area contributed by atoms with Crippen LogP contribution in [0.3, 0.4) is 0 Å². The zero-order chi connectivity index (χ0) is 11.3. The summed E-state index contributed by atoms with van der Waals surface area (Å²) < 4.78 is 5.10. The summed E-state index contributed by atoms with van der Waals surface area (Å²) in [5, 5.41) is 8.72. The second-order valence-corrected chi connectivity index (χ2v) is 4.15. The summed E-state index contributed by atoms with van der Waals surface area (Å²) in [5.41, 5.74) is 0. The third-order valence-corrected chi connectivity index (χ3v) is 2.97. The third kappa shape index (κ3) is 4.11. The number of carboxylic acids is 1. The van der Waals surface area contributed by atoms with Gasteiger partial charge in [0, 0.05) is 0 Å². The minimum atomic E-state index is -0.918. The standard InChI is InChI=1S/C10H16O4S/c11-9(12)5-8(14-10(13)6-15)7-3-1-2-4-7/h7-8,15H,1-6H2,(H,11,12). The van der Waals surface area contributed by atoms with Gasteiger partial charge in [-0.05, 0) is 18.8 Å². The van der Waals surface area contributed by atoms with E-state index in [-0.39, 0.29) is 18.1 Å². The van der Waals surface area contributed by atoms with Crippen LogP contribution < -0.4 is 0 Å². The van der Waals surface area contributed by atoms with Crippen LogP contribution in [-0.4, -0.2) is 28.9 Å². The fourth-order valence-electron chi connectivity index (χ4n) is 2.01. The van der Waals surface area contributed by atoms with Crippen LogP contribution in [0.25, 0.3) is 0 Å². The van der Waals surface area contributed by atoms with Crippen molar-refractivity contribution in [2.45, 2.75) is 38.2 Å². The van der Waals surface area contributed by atoms with Gasteiger partial charge < -0.3 is 9.84 Å². The Hall–Kier alpha value is -0.710. The lowest BCUT2D eigenvalue weighted by Gasteiger charge is -2.21. The number of carboxylic acid groups (broad SMARTS) is 1. The number of esters is 1. The summed E-state index contributed by atoms with van der Waals surface area (Å²) in [6.45, 7) is 0. The van der Waals surface area contributed by atoms with E-state index in [2.05, 4.69) is 12.6 Å². The minimum absolute atomic E-state index is 0.00282. The number of ether oxygens (including phenoxy) is 1. The lowest BCUT2D eigenvalue weighted by atomic mass is 9.98. The lowest BCUT2D eigenvalue weighted by Crippen LogP contribution is -2.28. The third-order valence-electron chi connectivity index (χ3n) is 2.71. The zero-order valence-electron chi connectivity index (χ0n) is 8.52. The van der Waals surface area contributed by atoms with Gasteiger partial charge in [-0.2, -0.15) is 12.6 Å². The minimum Gasteiger partial charge on any atom is -0.481 e. The Morgan fingerprint density at radius 3 is 2.47 bits per heavy atom. The van der Waals surface area contributed by atoms with E-state index in [0.29, 0.717) is 0 Å². The Labute approximate surface area is 94.4 Å². The molecule has 0 radical (unpaired) electrons. The van der Waals surface area contributed by atoms with E-state index in [1.54, 1.807) is 0 Å². The second-order valence-electron chi connectivity index (χ2n) is 3.83. The molecule has 1 fully saturated rings. The van der Waals surface area contributed by atoms with Crippen molar-refractivity contribution in [2.24, 2.45) is 5.92 Å². The van der Waals surface area contributed by atoms with E-state index in [0.717, 1.165) is 25.7 Å². The van der Waals surface area contributed by atoms with E-state index in [9.17, 15) is 9.59 Å². The topological polar surface area (TPSA) is 63.6 Å². The highest BCUT2D eigenvalue weighted by atomic mass is 32.1. The Bertz CT molecular complexity index is 236. The number of carbonyl (C=O) groups is 2. The van der Waals surface area contributed by atoms with Crippen LogP contribution in [0.4, 0.5) is 0 Å². The van der Waals surface area contributed by atoms with E-state index in [1.807, 2.05) is 0 Å². The molecule has 1 rings (SSSR count). The molecular weight excluding hydrogens is 216 g/mol. The van der Waals surface area contributed by atoms with Gasteiger partial charge in [0.05, 0.1) is 12.2 Å². The molecule has 0 aliphatic heterocycles. The molecule has 1 N–H and O–H groups in total. The van der Waals surface area contributed by atoms with Crippen LogP contribution in [0, 0.1) is 5.92 Å². The highest BCUT2D eigenvalue weighted by Crippen LogP contribution is 2.30. The van der Waals surface area contributed by atoms with Gasteiger partial charge in [-0.3, -0.25) is 9.59 Å². The molecule has 15 heavy (non-hydrogen) atoms. The Kier molecular flexibility index (Phi) is 4.94. The maximum Gasteiger partial charge on any atom is 0.315 e. The molecule has 0 aromatic carbocycles. The number of aliphatic carboxylic acids is 1. The van der Waals surface area contributed by atoms with E-state index >= 15 is 0 Å². The molecule has 0 spiro atoms. The predicted octanol–water partition coefficient (Wildman–Crippen LogP) is 1.49. The van der Waals surface area contributed by atoms with Gasteiger partial charge in [0.1, 0.15) is 6.10 Å². The van der Waals surface area contributed by atoms with Gasteiger partial charge >= 0.3 is 11.9 Å². The number of carbonyl (C=O) groups excluding carboxylic acids is 1. The Morgan fingerprint density at radius 2 is 2.00 bits per heavy atom. The Balaban J connectivity index is 2.51. The quantitative estimate of drug-likeness (QED) is 0.557. The molecule has 0 heterocycles. The Morgan fingerprint density at radius 1 is 1.40 bits per heavy atom. The molecule has 0 bridgehead atoms. The average Bonchev–Trinajstić information content (AvgIpc) is 2.68. The van der Waals surface area contributed by atoms with E-state index in [1.165, 1.54) is 0 Å². The van der Waals surface area contributed by atoms with Gasteiger partial charge in [0.2, 0.25) is 0 Å². The number of hydrogen-bond donors (Lipinski definition) is 2. The average molecular weight is 232 g/mol. The molecular formula is C10H16O4S. The molecule has 1 aliphatic carbocycles. The molecule has 1 saturated carbocycles. The lowest BCUT2D eigenvalue weighted by molar-refractivity contribution is -0.153. The summed E-state index contributed by atoms with van der Waals surface area (Å²) in [6, 6.07) is 0. The molecule has 0 aromatic heterocycles. The van der Waals surface area contributed by atoms with Gasteiger partial charge in [-0.1, -0.05) is 12.8 Å². The van der Waals surface area contributed by atoms with Crippen molar-refractivity contribution < 1.29 is 19.4 Å². The van der Waals surface area contributed by atoms with Crippen molar-refractivity contribution in [3.63, 3.8) is 0 Å². The number of rotatable bonds is 5. The largest absolute Gasteiger partial charge is 0.481 e. The molecule has 0 aromatic rings. The maximum absolute atomic E-state index is 11.1. The van der Waals surface area contributed by atoms with Gasteiger partial charge in [-0.15, -0.1) is 0 Å². The highest BCUT2D eigenvalue weighted by molar-refractivity contribution is 7.81. The van der Waals surface area contributed by atoms with Gasteiger partial charge in [0.15, 0.2) is 0 Å². The summed E-state index contributed by atoms with van der Waals surface area (Å²) in [4.78, 5) is 21.7. The number of thiol groups is 1. The molecule has 4 nitrogen and oxygen atoms in total. The number of hydrogen-bond acceptors (Lipinski definition) is 4. The fraction of sp³-hybridized carbons (Fsp3) is 0.800. The van der Waals surface area contributed by atoms with Crippen molar-refractivity contribution in [3.05, 3.63) is 0 Å². The van der Waals surface area contributed by atoms with E-state index in [4.69, 9.17) is 9.84 Å². The maximum atomic E-state index is 11.1. The first-order valence-corrected chi connectivity index (χ1v) is 5.79. The zero-order valence-corrected chi connectivity index (χ0v) is 9.41. The second kappa shape index (κ2) is 6.00. The SMILES string of the molecule is O=C(O)CC(OC(=O)CS)C1CCCC1. The van der Waals surface area contributed by atoms with Crippen LogP contribution in [0.15, 0.2) is 0 Å². The van der Waals surface area contributed by atoms with Crippen LogP contribution in [0.5, 0.6) is 0 Å². The van der Waals surface area contributed by atoms with Crippen molar-refractivity contribution in [1.82, 2.24) is 0 Å². The van der Waals surface area contributed by atoms with Crippen LogP contribution in [0.2, 0.25) is 0 Å². The first-order valence-electron chi connectivity index (χ1n) is 5.15. The normalized spacial score (nSPS) is 18.7. The summed E-state index contributed by atoms with van der Waals surface area (Å²) >= 11 is 3.80. The van der Waals surface area contributed by atoms with Crippen LogP contribution in [-0.2, 0) is 14.3 Å². The monoisotopic (exact) mass is 232 g/mol. The van der Waals surface area contributed by atoms with Crippen LogP contribution >= 0.6 is 12.6 Å². The molecule has 0 amide bonds. The summed E-state index contributed by atoms with van der Waals surface area (Å²) in [7, 11) is 0. The fourth-order valence-corrected chi connectivity index (χ4v) is 2.09. The van der Waals surface area contributed by atoms with Crippen molar-refractivity contribution >= 4 is 24.6 Å². The highest BCUT2D eigenvalue weighted by Gasteiger charge is 2.29. The van der Waals surface area contributed by atoms with Crippen LogP contribution in [0.1, 0.15) is 32.1 Å². The van der Waals surface area contributed by atoms with Gasteiger partial charge in [-0.25, -0.2) is 0 Å². The summed E-state index contributed by atoms with van der Waals surface area (Å²) in [6.07, 6.45) is 3.54. The molecule has 0 saturated heterocycles. The molecule has 1 unspecified atom stereocenters. The first-order chi connectivity index (χ1) is 7.13. The van der Waals surface area contributed by atoms with Crippen molar-refractivity contribution in [2.75, 3.05) is 5.75 Å². The smallest absolute Gasteiger partial charge is 0.315 e. The van der Waals surface area contributed by atoms with E-state index < -0.39 is 18.0 Å². The van der Waals surface area contributed by atoms with Crippen molar-refractivity contribution in [1.29, 1.82) is 0 Å². The molecule has 1 aliphatic rings. The first kappa shape index (κ1) is 12.4. The summed E-state index contributed by atoms with van der Waals surface area (Å²) in [5.74, 6) is -1.14. The predicted molar refractivity (Wildman–Crippen MR) is 57.9 cm³/mol. The van der Waals surface area contributed by atoms with Crippen molar-refractivity contribution in [3.8, 4) is 0 Å². The molecule has 1 atom stereocenters. The van der Waals surface area contributed by atoms with Gasteiger partial charge in [0.25, 0.3) is 0 Å².